The number of aliphatic hydroxyl groups is 3. The highest BCUT2D eigenvalue weighted by atomic mass is 32.2. The molecule has 2 amide bonds. The van der Waals surface area contributed by atoms with Crippen LogP contribution in [0, 0.1) is 0 Å². The summed E-state index contributed by atoms with van der Waals surface area (Å²) < 4.78 is 5.80. The molecule has 8 heteroatoms. The van der Waals surface area contributed by atoms with Gasteiger partial charge in [0.15, 0.2) is 0 Å². The fourth-order valence-corrected chi connectivity index (χ4v) is 4.75. The number of amides is 2. The third-order valence-electron chi connectivity index (χ3n) is 4.97. The average Bonchev–Trinajstić information content (AvgIpc) is 2.97. The quantitative estimate of drug-likeness (QED) is 0.653. The van der Waals surface area contributed by atoms with E-state index in [4.69, 9.17) is 4.74 Å². The molecule has 28 heavy (non-hydrogen) atoms. The second-order valence-corrected chi connectivity index (χ2v) is 7.83. The van der Waals surface area contributed by atoms with Gasteiger partial charge in [0.2, 0.25) is 0 Å². The van der Waals surface area contributed by atoms with Gasteiger partial charge in [-0.3, -0.25) is 14.5 Å². The van der Waals surface area contributed by atoms with Crippen molar-refractivity contribution in [3.8, 4) is 0 Å². The molecule has 2 aliphatic heterocycles. The van der Waals surface area contributed by atoms with Gasteiger partial charge in [-0.25, -0.2) is 0 Å². The zero-order valence-electron chi connectivity index (χ0n) is 14.7. The molecule has 2 aromatic carbocycles. The van der Waals surface area contributed by atoms with E-state index in [0.29, 0.717) is 0 Å². The standard InChI is InChI=1S/C20H19NO6S/c22-10-14-16(23)17(24)15(20(27-14)28-11-6-2-1-3-7-11)21-18(25)12-8-4-5-9-13(12)19(21)26/h1-9,14-17,20,22-24H,10H2/t14-,15-,16+,17-,20+/m1/s1. The minimum Gasteiger partial charge on any atom is -0.394 e. The van der Waals surface area contributed by atoms with Crippen LogP contribution in [0.1, 0.15) is 20.7 Å². The van der Waals surface area contributed by atoms with E-state index in [9.17, 15) is 24.9 Å². The number of aliphatic hydroxyl groups excluding tert-OH is 3. The number of carbonyl (C=O) groups is 2. The number of fused-ring (bicyclic) bond motifs is 1. The number of hydrogen-bond donors (Lipinski definition) is 3. The Morgan fingerprint density at radius 3 is 2.04 bits per heavy atom. The van der Waals surface area contributed by atoms with E-state index in [0.717, 1.165) is 9.80 Å². The van der Waals surface area contributed by atoms with Crippen LogP contribution >= 0.6 is 11.8 Å². The summed E-state index contributed by atoms with van der Waals surface area (Å²) in [6.07, 6.45) is -3.93. The molecule has 0 saturated carbocycles. The summed E-state index contributed by atoms with van der Waals surface area (Å²) in [7, 11) is 0. The van der Waals surface area contributed by atoms with Crippen LogP contribution in [0.25, 0.3) is 0 Å². The molecular formula is C20H19NO6S. The molecule has 5 atom stereocenters. The molecular weight excluding hydrogens is 382 g/mol. The minimum absolute atomic E-state index is 0.252. The van der Waals surface area contributed by atoms with E-state index >= 15 is 0 Å². The van der Waals surface area contributed by atoms with Crippen LogP contribution in [0.5, 0.6) is 0 Å². The first kappa shape index (κ1) is 19.1. The predicted molar refractivity (Wildman–Crippen MR) is 101 cm³/mol. The fraction of sp³-hybridized carbons (Fsp3) is 0.300. The van der Waals surface area contributed by atoms with Crippen molar-refractivity contribution in [3.63, 3.8) is 0 Å². The second kappa shape index (κ2) is 7.65. The van der Waals surface area contributed by atoms with Gasteiger partial charge >= 0.3 is 0 Å². The molecule has 7 nitrogen and oxygen atoms in total. The number of hydrogen-bond acceptors (Lipinski definition) is 7. The Kier molecular flexibility index (Phi) is 5.22. The van der Waals surface area contributed by atoms with Crippen molar-refractivity contribution in [1.82, 2.24) is 4.90 Å². The van der Waals surface area contributed by atoms with Crippen LogP contribution in [0.15, 0.2) is 59.5 Å². The van der Waals surface area contributed by atoms with Crippen LogP contribution in [0.3, 0.4) is 0 Å². The largest absolute Gasteiger partial charge is 0.394 e. The lowest BCUT2D eigenvalue weighted by Crippen LogP contribution is -2.64. The second-order valence-electron chi connectivity index (χ2n) is 6.65. The van der Waals surface area contributed by atoms with Gasteiger partial charge in [0.1, 0.15) is 29.8 Å². The Morgan fingerprint density at radius 2 is 1.46 bits per heavy atom. The zero-order valence-corrected chi connectivity index (χ0v) is 15.5. The van der Waals surface area contributed by atoms with Gasteiger partial charge in [-0.1, -0.05) is 42.1 Å². The average molecular weight is 401 g/mol. The highest BCUT2D eigenvalue weighted by molar-refractivity contribution is 7.99. The lowest BCUT2D eigenvalue weighted by atomic mass is 9.97. The van der Waals surface area contributed by atoms with Crippen LogP contribution in [0.2, 0.25) is 0 Å². The molecule has 0 aromatic heterocycles. The lowest BCUT2D eigenvalue weighted by Gasteiger charge is -2.44. The van der Waals surface area contributed by atoms with Crippen molar-refractivity contribution in [1.29, 1.82) is 0 Å². The summed E-state index contributed by atoms with van der Waals surface area (Å²) in [6, 6.07) is 14.5. The molecule has 1 fully saturated rings. The molecule has 2 heterocycles. The number of ether oxygens (including phenoxy) is 1. The first-order valence-corrected chi connectivity index (χ1v) is 9.72. The molecule has 4 rings (SSSR count). The Morgan fingerprint density at radius 1 is 0.893 bits per heavy atom. The first-order valence-electron chi connectivity index (χ1n) is 8.84. The Balaban J connectivity index is 1.71. The number of benzene rings is 2. The van der Waals surface area contributed by atoms with Gasteiger partial charge in [0.25, 0.3) is 11.8 Å². The molecule has 146 valence electrons. The first-order chi connectivity index (χ1) is 13.5. The Bertz CT molecular complexity index is 856. The van der Waals surface area contributed by atoms with Crippen LogP contribution in [-0.4, -0.2) is 68.4 Å². The smallest absolute Gasteiger partial charge is 0.262 e. The highest BCUT2D eigenvalue weighted by Crippen LogP contribution is 2.38. The summed E-state index contributed by atoms with van der Waals surface area (Å²) in [5.74, 6) is -1.08. The summed E-state index contributed by atoms with van der Waals surface area (Å²) in [4.78, 5) is 27.6. The third kappa shape index (κ3) is 3.13. The van der Waals surface area contributed by atoms with Crippen molar-refractivity contribution in [2.75, 3.05) is 6.61 Å². The van der Waals surface area contributed by atoms with Crippen molar-refractivity contribution in [2.24, 2.45) is 0 Å². The Hall–Kier alpha value is -2.23. The van der Waals surface area contributed by atoms with E-state index in [1.54, 1.807) is 24.3 Å². The van der Waals surface area contributed by atoms with Crippen LogP contribution in [0.4, 0.5) is 0 Å². The van der Waals surface area contributed by atoms with Gasteiger partial charge < -0.3 is 20.1 Å². The normalized spacial score (nSPS) is 29.8. The maximum atomic E-state index is 12.9. The van der Waals surface area contributed by atoms with E-state index < -0.39 is 48.2 Å². The van der Waals surface area contributed by atoms with Gasteiger partial charge in [-0.05, 0) is 24.3 Å². The van der Waals surface area contributed by atoms with Crippen molar-refractivity contribution < 1.29 is 29.6 Å². The predicted octanol–water partition coefficient (Wildman–Crippen LogP) is 0.883. The van der Waals surface area contributed by atoms with Gasteiger partial charge in [0, 0.05) is 4.90 Å². The maximum absolute atomic E-state index is 12.9. The van der Waals surface area contributed by atoms with Crippen LogP contribution in [-0.2, 0) is 4.74 Å². The van der Waals surface area contributed by atoms with Gasteiger partial charge in [0.05, 0.1) is 17.7 Å². The number of carbonyl (C=O) groups excluding carboxylic acids is 2. The molecule has 0 radical (unpaired) electrons. The molecule has 0 spiro atoms. The van der Waals surface area contributed by atoms with Gasteiger partial charge in [-0.2, -0.15) is 0 Å². The molecule has 2 aromatic rings. The van der Waals surface area contributed by atoms with Crippen molar-refractivity contribution in [3.05, 3.63) is 65.7 Å². The summed E-state index contributed by atoms with van der Waals surface area (Å²) in [5, 5.41) is 30.6. The van der Waals surface area contributed by atoms with Crippen LogP contribution < -0.4 is 0 Å². The molecule has 0 aliphatic carbocycles. The number of rotatable bonds is 4. The highest BCUT2D eigenvalue weighted by Gasteiger charge is 2.52. The van der Waals surface area contributed by atoms with Crippen molar-refractivity contribution in [2.45, 2.75) is 34.7 Å². The van der Waals surface area contributed by atoms with Crippen molar-refractivity contribution >= 4 is 23.6 Å². The topological polar surface area (TPSA) is 107 Å². The number of imide groups is 1. The minimum atomic E-state index is -1.46. The van der Waals surface area contributed by atoms with Gasteiger partial charge in [-0.15, -0.1) is 0 Å². The molecule has 0 unspecified atom stereocenters. The summed E-state index contributed by atoms with van der Waals surface area (Å²) >= 11 is 1.22. The monoisotopic (exact) mass is 401 g/mol. The third-order valence-corrected chi connectivity index (χ3v) is 6.13. The molecule has 2 aliphatic rings. The van der Waals surface area contributed by atoms with E-state index in [1.165, 1.54) is 11.8 Å². The maximum Gasteiger partial charge on any atom is 0.262 e. The summed E-state index contributed by atoms with van der Waals surface area (Å²) in [6.45, 7) is -0.501. The lowest BCUT2D eigenvalue weighted by molar-refractivity contribution is -0.181. The SMILES string of the molecule is O=C1c2ccccc2C(=O)N1[C@@H]1[C@@H](O)[C@@H](O)[C@@H](CO)O[C@H]1Sc1ccccc1. The number of thioether (sulfide) groups is 1. The summed E-state index contributed by atoms with van der Waals surface area (Å²) in [5.41, 5.74) is -0.357. The van der Waals surface area contributed by atoms with E-state index in [-0.39, 0.29) is 11.1 Å². The molecule has 0 bridgehead atoms. The number of nitrogens with zero attached hydrogens (tertiary/aromatic N) is 1. The van der Waals surface area contributed by atoms with E-state index in [1.807, 2.05) is 30.3 Å². The fourth-order valence-electron chi connectivity index (χ4n) is 3.55. The molecule has 3 N–H and O–H groups in total. The zero-order chi connectivity index (χ0) is 19.8. The Labute approximate surface area is 165 Å². The van der Waals surface area contributed by atoms with E-state index in [2.05, 4.69) is 0 Å². The molecule has 1 saturated heterocycles.